The summed E-state index contributed by atoms with van der Waals surface area (Å²) < 4.78 is 0. The Morgan fingerprint density at radius 2 is 2.38 bits per heavy atom. The third-order valence-electron chi connectivity index (χ3n) is 2.75. The van der Waals surface area contributed by atoms with E-state index >= 15 is 0 Å². The summed E-state index contributed by atoms with van der Waals surface area (Å²) in [5.41, 5.74) is 5.54. The molecule has 1 aliphatic heterocycles. The van der Waals surface area contributed by atoms with Gasteiger partial charge in [-0.15, -0.1) is 0 Å². The smallest absolute Gasteiger partial charge is 0.250 e. The van der Waals surface area contributed by atoms with Crippen LogP contribution in [0.3, 0.4) is 0 Å². The predicted octanol–water partition coefficient (Wildman–Crippen LogP) is 0.142. The first kappa shape index (κ1) is 10.9. The first-order valence-electron chi connectivity index (χ1n) is 5.35. The maximum atomic E-state index is 10.9. The van der Waals surface area contributed by atoms with Gasteiger partial charge in [0.2, 0.25) is 5.91 Å². The highest BCUT2D eigenvalue weighted by Gasteiger charge is 2.18. The molecule has 1 amide bonds. The molecule has 2 heterocycles. The van der Waals surface area contributed by atoms with Gasteiger partial charge in [-0.25, -0.2) is 4.98 Å². The van der Waals surface area contributed by atoms with E-state index in [-0.39, 0.29) is 6.10 Å². The topological polar surface area (TPSA) is 79.5 Å². The van der Waals surface area contributed by atoms with E-state index in [1.807, 2.05) is 4.90 Å². The van der Waals surface area contributed by atoms with Gasteiger partial charge in [0.05, 0.1) is 11.7 Å². The Kier molecular flexibility index (Phi) is 3.05. The summed E-state index contributed by atoms with van der Waals surface area (Å²) in [6.07, 6.45) is 2.99. The van der Waals surface area contributed by atoms with Crippen LogP contribution in [-0.4, -0.2) is 35.2 Å². The molecule has 3 N–H and O–H groups in total. The number of aliphatic hydroxyl groups is 1. The second kappa shape index (κ2) is 4.49. The van der Waals surface area contributed by atoms with Crippen molar-refractivity contribution in [1.82, 2.24) is 4.98 Å². The minimum absolute atomic E-state index is 0.286. The average molecular weight is 221 g/mol. The zero-order valence-electron chi connectivity index (χ0n) is 8.97. The normalized spacial score (nSPS) is 20.8. The molecule has 1 aromatic heterocycles. The first-order chi connectivity index (χ1) is 7.66. The fourth-order valence-electron chi connectivity index (χ4n) is 1.88. The molecule has 1 fully saturated rings. The Labute approximate surface area is 93.9 Å². The fourth-order valence-corrected chi connectivity index (χ4v) is 1.88. The highest BCUT2D eigenvalue weighted by molar-refractivity contribution is 5.92. The highest BCUT2D eigenvalue weighted by Crippen LogP contribution is 2.17. The predicted molar refractivity (Wildman–Crippen MR) is 60.2 cm³/mol. The second-order valence-electron chi connectivity index (χ2n) is 4.01. The van der Waals surface area contributed by atoms with Gasteiger partial charge in [-0.3, -0.25) is 4.79 Å². The van der Waals surface area contributed by atoms with E-state index in [1.54, 1.807) is 12.1 Å². The highest BCUT2D eigenvalue weighted by atomic mass is 16.3. The van der Waals surface area contributed by atoms with E-state index in [4.69, 9.17) is 5.73 Å². The SMILES string of the molecule is NC(=O)c1ccc(N2CCC[C@H](O)C2)nc1. The molecule has 0 aliphatic carbocycles. The molecule has 5 heteroatoms. The molecule has 1 aromatic rings. The van der Waals surface area contributed by atoms with Gasteiger partial charge in [0, 0.05) is 19.3 Å². The van der Waals surface area contributed by atoms with Crippen molar-refractivity contribution in [3.63, 3.8) is 0 Å². The number of aliphatic hydroxyl groups excluding tert-OH is 1. The van der Waals surface area contributed by atoms with Gasteiger partial charge < -0.3 is 15.7 Å². The molecule has 0 aromatic carbocycles. The van der Waals surface area contributed by atoms with Gasteiger partial charge in [0.1, 0.15) is 5.82 Å². The molecule has 1 saturated heterocycles. The van der Waals surface area contributed by atoms with Crippen molar-refractivity contribution in [2.75, 3.05) is 18.0 Å². The number of hydrogen-bond donors (Lipinski definition) is 2. The van der Waals surface area contributed by atoms with Crippen LogP contribution >= 0.6 is 0 Å². The van der Waals surface area contributed by atoms with Crippen LogP contribution in [0, 0.1) is 0 Å². The minimum atomic E-state index is -0.474. The van der Waals surface area contributed by atoms with Crippen LogP contribution in [0.2, 0.25) is 0 Å². The summed E-state index contributed by atoms with van der Waals surface area (Å²) in [7, 11) is 0. The number of rotatable bonds is 2. The Morgan fingerprint density at radius 3 is 2.94 bits per heavy atom. The van der Waals surface area contributed by atoms with Gasteiger partial charge >= 0.3 is 0 Å². The van der Waals surface area contributed by atoms with Crippen molar-refractivity contribution in [3.05, 3.63) is 23.9 Å². The number of nitrogens with two attached hydrogens (primary N) is 1. The summed E-state index contributed by atoms with van der Waals surface area (Å²) >= 11 is 0. The quantitative estimate of drug-likeness (QED) is 0.744. The summed E-state index contributed by atoms with van der Waals surface area (Å²) in [5, 5.41) is 9.54. The lowest BCUT2D eigenvalue weighted by Crippen LogP contribution is -2.38. The summed E-state index contributed by atoms with van der Waals surface area (Å²) in [6, 6.07) is 3.42. The number of nitrogens with zero attached hydrogens (tertiary/aromatic N) is 2. The van der Waals surface area contributed by atoms with Crippen LogP contribution in [0.5, 0.6) is 0 Å². The Morgan fingerprint density at radius 1 is 1.56 bits per heavy atom. The molecule has 1 atom stereocenters. The van der Waals surface area contributed by atoms with E-state index in [0.717, 1.165) is 25.2 Å². The Balaban J connectivity index is 2.11. The van der Waals surface area contributed by atoms with Crippen molar-refractivity contribution in [2.45, 2.75) is 18.9 Å². The maximum Gasteiger partial charge on any atom is 0.250 e. The number of anilines is 1. The standard InChI is InChI=1S/C11H15N3O2/c12-11(16)8-3-4-10(13-6-8)14-5-1-2-9(15)7-14/h3-4,6,9,15H,1-2,5,7H2,(H2,12,16)/t9-/m0/s1. The average Bonchev–Trinajstić information content (AvgIpc) is 2.29. The first-order valence-corrected chi connectivity index (χ1v) is 5.35. The lowest BCUT2D eigenvalue weighted by atomic mass is 10.1. The zero-order chi connectivity index (χ0) is 11.5. The van der Waals surface area contributed by atoms with Gasteiger partial charge in [0.15, 0.2) is 0 Å². The second-order valence-corrected chi connectivity index (χ2v) is 4.01. The van der Waals surface area contributed by atoms with Crippen LogP contribution in [0.1, 0.15) is 23.2 Å². The van der Waals surface area contributed by atoms with E-state index in [1.165, 1.54) is 6.20 Å². The minimum Gasteiger partial charge on any atom is -0.391 e. The molecule has 0 bridgehead atoms. The fraction of sp³-hybridized carbons (Fsp3) is 0.455. The van der Waals surface area contributed by atoms with E-state index in [9.17, 15) is 9.90 Å². The Bertz CT molecular complexity index is 377. The van der Waals surface area contributed by atoms with Gasteiger partial charge in [-0.2, -0.15) is 0 Å². The van der Waals surface area contributed by atoms with Crippen LogP contribution in [-0.2, 0) is 0 Å². The summed E-state index contributed by atoms with van der Waals surface area (Å²) in [5.74, 6) is 0.307. The molecule has 0 unspecified atom stereocenters. The molecule has 0 radical (unpaired) electrons. The number of amides is 1. The number of piperidine rings is 1. The van der Waals surface area contributed by atoms with Crippen LogP contribution in [0.15, 0.2) is 18.3 Å². The number of aromatic nitrogens is 1. The third-order valence-corrected chi connectivity index (χ3v) is 2.75. The number of carbonyl (C=O) groups excluding carboxylic acids is 1. The summed E-state index contributed by atoms with van der Waals surface area (Å²) in [4.78, 5) is 17.1. The van der Waals surface area contributed by atoms with Gasteiger partial charge in [-0.1, -0.05) is 0 Å². The van der Waals surface area contributed by atoms with E-state index in [2.05, 4.69) is 4.98 Å². The van der Waals surface area contributed by atoms with Crippen LogP contribution < -0.4 is 10.6 Å². The van der Waals surface area contributed by atoms with Crippen molar-refractivity contribution >= 4 is 11.7 Å². The lowest BCUT2D eigenvalue weighted by molar-refractivity contribution is 0.1000. The largest absolute Gasteiger partial charge is 0.391 e. The van der Waals surface area contributed by atoms with Crippen LogP contribution in [0.25, 0.3) is 0 Å². The van der Waals surface area contributed by atoms with Crippen molar-refractivity contribution in [2.24, 2.45) is 5.73 Å². The van der Waals surface area contributed by atoms with Gasteiger partial charge in [0.25, 0.3) is 0 Å². The molecule has 0 spiro atoms. The van der Waals surface area contributed by atoms with Crippen molar-refractivity contribution < 1.29 is 9.90 Å². The van der Waals surface area contributed by atoms with Crippen molar-refractivity contribution in [3.8, 4) is 0 Å². The van der Waals surface area contributed by atoms with Gasteiger partial charge in [-0.05, 0) is 25.0 Å². The molecular weight excluding hydrogens is 206 g/mol. The molecule has 0 saturated carbocycles. The lowest BCUT2D eigenvalue weighted by Gasteiger charge is -2.30. The third kappa shape index (κ3) is 2.30. The number of hydrogen-bond acceptors (Lipinski definition) is 4. The van der Waals surface area contributed by atoms with Crippen LogP contribution in [0.4, 0.5) is 5.82 Å². The molecule has 5 nitrogen and oxygen atoms in total. The van der Waals surface area contributed by atoms with E-state index in [0.29, 0.717) is 12.1 Å². The molecular formula is C11H15N3O2. The molecule has 86 valence electrons. The molecule has 1 aliphatic rings. The molecule has 2 rings (SSSR count). The monoisotopic (exact) mass is 221 g/mol. The number of carbonyl (C=O) groups is 1. The van der Waals surface area contributed by atoms with Crippen molar-refractivity contribution in [1.29, 1.82) is 0 Å². The zero-order valence-corrected chi connectivity index (χ0v) is 8.97. The maximum absolute atomic E-state index is 10.9. The van der Waals surface area contributed by atoms with E-state index < -0.39 is 5.91 Å². The molecule has 16 heavy (non-hydrogen) atoms. The number of primary amides is 1. The number of pyridine rings is 1. The summed E-state index contributed by atoms with van der Waals surface area (Å²) in [6.45, 7) is 1.49. The Hall–Kier alpha value is -1.62. The number of β-amino-alcohol motifs (C(OH)–C–C–N with tert-alkyl or cyclic N) is 1.